The molecule has 0 bridgehead atoms. The highest BCUT2D eigenvalue weighted by atomic mass is 31.2. The summed E-state index contributed by atoms with van der Waals surface area (Å²) in [6.07, 6.45) is -1.70. The van der Waals surface area contributed by atoms with Gasteiger partial charge in [-0.3, -0.25) is 28.5 Å². The van der Waals surface area contributed by atoms with Crippen LogP contribution in [-0.4, -0.2) is 54.5 Å². The van der Waals surface area contributed by atoms with E-state index in [4.69, 9.17) is 23.3 Å². The number of rotatable bonds is 10. The van der Waals surface area contributed by atoms with Gasteiger partial charge in [-0.25, -0.2) is 9.18 Å². The minimum Gasteiger partial charge on any atom is -0.463 e. The number of benzene rings is 1. The Bertz CT molecular complexity index is 1290. The van der Waals surface area contributed by atoms with Gasteiger partial charge in [0.05, 0.1) is 5.56 Å². The number of nitrogens with one attached hydrogen (secondary N) is 2. The Morgan fingerprint density at radius 2 is 1.84 bits per heavy atom. The van der Waals surface area contributed by atoms with Crippen molar-refractivity contribution in [3.63, 3.8) is 0 Å². The Morgan fingerprint density at radius 3 is 2.41 bits per heavy atom. The molecule has 1 saturated heterocycles. The maximum Gasteiger partial charge on any atom is 0.356 e. The van der Waals surface area contributed by atoms with Crippen molar-refractivity contribution < 1.29 is 41.8 Å². The van der Waals surface area contributed by atoms with Gasteiger partial charge in [0, 0.05) is 46.4 Å². The first-order valence-electron chi connectivity index (χ1n) is 11.0. The summed E-state index contributed by atoms with van der Waals surface area (Å²) < 4.78 is 54.1. The summed E-state index contributed by atoms with van der Waals surface area (Å²) in [6, 6.07) is 5.01. The van der Waals surface area contributed by atoms with Crippen LogP contribution in [0.15, 0.2) is 40.1 Å². The van der Waals surface area contributed by atoms with Crippen molar-refractivity contribution in [1.29, 1.82) is 0 Å². The second-order valence-electron chi connectivity index (χ2n) is 8.03. The topological polar surface area (TPSA) is 164 Å². The molecular formula is C22H27FN3O10P. The molecule has 1 aromatic heterocycles. The number of esters is 2. The molecule has 1 fully saturated rings. The molecule has 13 nitrogen and oxygen atoms in total. The fourth-order valence-electron chi connectivity index (χ4n) is 3.78. The van der Waals surface area contributed by atoms with E-state index in [-0.39, 0.29) is 24.3 Å². The van der Waals surface area contributed by atoms with Gasteiger partial charge in [0.1, 0.15) is 30.9 Å². The molecule has 1 unspecified atom stereocenters. The van der Waals surface area contributed by atoms with Crippen molar-refractivity contribution in [3.05, 3.63) is 62.7 Å². The number of hydrogen-bond donors (Lipinski definition) is 2. The highest BCUT2D eigenvalue weighted by Crippen LogP contribution is 2.59. The Kier molecular flexibility index (Phi) is 9.02. The predicted molar refractivity (Wildman–Crippen MR) is 126 cm³/mol. The first-order chi connectivity index (χ1) is 17.5. The average molecular weight is 543 g/mol. The zero-order chi connectivity index (χ0) is 27.3. The van der Waals surface area contributed by atoms with Gasteiger partial charge in [0.2, 0.25) is 0 Å². The summed E-state index contributed by atoms with van der Waals surface area (Å²) >= 11 is 0. The van der Waals surface area contributed by atoms with E-state index in [0.29, 0.717) is 0 Å². The van der Waals surface area contributed by atoms with Crippen molar-refractivity contribution in [3.8, 4) is 0 Å². The van der Waals surface area contributed by atoms with Crippen LogP contribution in [0.4, 0.5) is 10.1 Å². The lowest BCUT2D eigenvalue weighted by atomic mass is 10.2. The van der Waals surface area contributed by atoms with Gasteiger partial charge < -0.3 is 28.6 Å². The molecule has 37 heavy (non-hydrogen) atoms. The van der Waals surface area contributed by atoms with Crippen LogP contribution in [0, 0.1) is 5.82 Å². The van der Waals surface area contributed by atoms with Gasteiger partial charge in [0.15, 0.2) is 5.78 Å². The lowest BCUT2D eigenvalue weighted by Gasteiger charge is -2.26. The Hall–Kier alpha value is -3.32. The van der Waals surface area contributed by atoms with E-state index >= 15 is 0 Å². The number of hydrogen-bond acceptors (Lipinski definition) is 11. The maximum atomic E-state index is 13.4. The van der Waals surface area contributed by atoms with E-state index in [2.05, 4.69) is 10.3 Å². The van der Waals surface area contributed by atoms with Crippen molar-refractivity contribution in [2.45, 2.75) is 44.5 Å². The first-order valence-corrected chi connectivity index (χ1v) is 12.6. The van der Waals surface area contributed by atoms with Gasteiger partial charge in [-0.15, -0.1) is 0 Å². The van der Waals surface area contributed by atoms with Crippen LogP contribution in [0.3, 0.4) is 0 Å². The number of H-pyrrole nitrogens is 1. The van der Waals surface area contributed by atoms with E-state index in [1.807, 2.05) is 0 Å². The number of carbonyl (C=O) groups is 2. The number of halogens is 1. The molecule has 202 valence electrons. The summed E-state index contributed by atoms with van der Waals surface area (Å²) in [5.41, 5.74) is -1.68. The predicted octanol–water partition coefficient (Wildman–Crippen LogP) is 2.05. The van der Waals surface area contributed by atoms with Crippen molar-refractivity contribution >= 4 is 25.2 Å². The quantitative estimate of drug-likeness (QED) is 0.333. The van der Waals surface area contributed by atoms with E-state index in [9.17, 15) is 28.1 Å². The summed E-state index contributed by atoms with van der Waals surface area (Å²) in [6.45, 7) is 2.15. The lowest BCUT2D eigenvalue weighted by Crippen LogP contribution is -2.36. The van der Waals surface area contributed by atoms with Crippen LogP contribution in [0.25, 0.3) is 0 Å². The van der Waals surface area contributed by atoms with Crippen molar-refractivity contribution in [1.82, 2.24) is 9.55 Å². The third-order valence-electron chi connectivity index (χ3n) is 5.52. The minimum absolute atomic E-state index is 0.0147. The third-order valence-corrected chi connectivity index (χ3v) is 7.58. The fraction of sp³-hybridized carbons (Fsp3) is 0.455. The van der Waals surface area contributed by atoms with Crippen molar-refractivity contribution in [2.75, 3.05) is 26.1 Å². The van der Waals surface area contributed by atoms with Gasteiger partial charge >= 0.3 is 25.2 Å². The van der Waals surface area contributed by atoms with Crippen LogP contribution < -0.4 is 16.6 Å². The SMILES string of the molecule is COP(=O)(OC)C(Nc1ccc(F)cc1)c1cn([C@H]2C[C@H](OC(C)=O)[C@@H](COC(C)=O)O2)c(=O)[nH]c1=O. The van der Waals surface area contributed by atoms with Gasteiger partial charge in [-0.05, 0) is 24.3 Å². The molecule has 1 aliphatic rings. The minimum atomic E-state index is -4.06. The summed E-state index contributed by atoms with van der Waals surface area (Å²) in [5.74, 6) is -3.13. The van der Waals surface area contributed by atoms with E-state index in [0.717, 1.165) is 37.1 Å². The molecular weight excluding hydrogens is 516 g/mol. The fourth-order valence-corrected chi connectivity index (χ4v) is 5.19. The molecule has 0 radical (unpaired) electrons. The Labute approximate surface area is 210 Å². The van der Waals surface area contributed by atoms with Crippen LogP contribution in [-0.2, 0) is 37.4 Å². The molecule has 1 aliphatic heterocycles. The summed E-state index contributed by atoms with van der Waals surface area (Å²) in [4.78, 5) is 50.5. The zero-order valence-electron chi connectivity index (χ0n) is 20.5. The number of anilines is 1. The van der Waals surface area contributed by atoms with Crippen LogP contribution in [0.5, 0.6) is 0 Å². The van der Waals surface area contributed by atoms with Crippen LogP contribution >= 0.6 is 7.60 Å². The smallest absolute Gasteiger partial charge is 0.356 e. The zero-order valence-corrected chi connectivity index (χ0v) is 21.4. The molecule has 3 rings (SSSR count). The average Bonchev–Trinajstić information content (AvgIpc) is 3.23. The molecule has 0 aliphatic carbocycles. The van der Waals surface area contributed by atoms with Crippen LogP contribution in [0.2, 0.25) is 0 Å². The standard InChI is InChI=1S/C22H27FN3O10P/c1-12(27)34-11-18-17(35-13(2)28)9-19(36-18)26-10-16(20(29)25-22(26)30)21(37(31,32-3)33-4)24-15-7-5-14(23)6-8-15/h5-8,10,17-19,21,24H,9,11H2,1-4H3,(H,25,29,30)/t17-,18+,19+,21?/m0/s1. The molecule has 1 aromatic carbocycles. The van der Waals surface area contributed by atoms with E-state index in [1.165, 1.54) is 26.0 Å². The largest absolute Gasteiger partial charge is 0.463 e. The third kappa shape index (κ3) is 6.72. The molecule has 4 atom stereocenters. The molecule has 2 heterocycles. The lowest BCUT2D eigenvalue weighted by molar-refractivity contribution is -0.155. The summed E-state index contributed by atoms with van der Waals surface area (Å²) in [7, 11) is -1.81. The Balaban J connectivity index is 2.03. The highest BCUT2D eigenvalue weighted by Gasteiger charge is 2.42. The molecule has 0 amide bonds. The molecule has 2 aromatic rings. The van der Waals surface area contributed by atoms with Crippen molar-refractivity contribution in [2.24, 2.45) is 0 Å². The Morgan fingerprint density at radius 1 is 1.19 bits per heavy atom. The molecule has 2 N–H and O–H groups in total. The number of aromatic amines is 1. The number of aromatic nitrogens is 2. The van der Waals surface area contributed by atoms with E-state index < -0.39 is 60.8 Å². The number of carbonyl (C=O) groups excluding carboxylic acids is 2. The maximum absolute atomic E-state index is 13.4. The van der Waals surface area contributed by atoms with E-state index in [1.54, 1.807) is 0 Å². The number of ether oxygens (including phenoxy) is 3. The normalized spacial score (nSPS) is 20.3. The monoisotopic (exact) mass is 543 g/mol. The second kappa shape index (κ2) is 11.8. The molecule has 0 spiro atoms. The molecule has 15 heteroatoms. The summed E-state index contributed by atoms with van der Waals surface area (Å²) in [5, 5.41) is 2.84. The van der Waals surface area contributed by atoms with Gasteiger partial charge in [-0.2, -0.15) is 0 Å². The second-order valence-corrected chi connectivity index (χ2v) is 10.4. The van der Waals surface area contributed by atoms with Crippen LogP contribution in [0.1, 0.15) is 37.8 Å². The van der Waals surface area contributed by atoms with Gasteiger partial charge in [0.25, 0.3) is 5.56 Å². The van der Waals surface area contributed by atoms with Gasteiger partial charge in [-0.1, -0.05) is 0 Å². The first kappa shape index (κ1) is 28.3. The molecule has 0 saturated carbocycles. The number of nitrogens with zero attached hydrogens (tertiary/aromatic N) is 1. The highest BCUT2D eigenvalue weighted by molar-refractivity contribution is 7.54.